The van der Waals surface area contributed by atoms with Crippen molar-refractivity contribution in [2.45, 2.75) is 27.0 Å². The fourth-order valence-electron chi connectivity index (χ4n) is 4.09. The number of halogens is 4. The molecule has 0 aliphatic carbocycles. The maximum Gasteiger partial charge on any atom is 0.415 e. The van der Waals surface area contributed by atoms with Gasteiger partial charge in [-0.25, -0.2) is 9.18 Å². The van der Waals surface area contributed by atoms with Crippen LogP contribution in [0.2, 0.25) is 5.02 Å². The topological polar surface area (TPSA) is 43.7 Å². The zero-order chi connectivity index (χ0) is 25.8. The Balaban J connectivity index is 1.82. The molecule has 9 heteroatoms. The van der Waals surface area contributed by atoms with Gasteiger partial charge in [-0.05, 0) is 55.8 Å². The number of aromatic nitrogens is 1. The fourth-order valence-corrected chi connectivity index (χ4v) is 4.27. The number of ether oxygens (including phenoxy) is 2. The minimum atomic E-state index is -2.94. The summed E-state index contributed by atoms with van der Waals surface area (Å²) < 4.78 is 52.0. The van der Waals surface area contributed by atoms with Gasteiger partial charge >= 0.3 is 12.7 Å². The normalized spacial score (nSPS) is 11.2. The van der Waals surface area contributed by atoms with Crippen LogP contribution in [0.5, 0.6) is 11.5 Å². The maximum absolute atomic E-state index is 13.9. The Bertz CT molecular complexity index is 1390. The van der Waals surface area contributed by atoms with E-state index in [4.69, 9.17) is 16.3 Å². The third-order valence-corrected chi connectivity index (χ3v) is 6.16. The third kappa shape index (κ3) is 5.28. The molecule has 0 radical (unpaired) electrons. The number of hydrogen-bond donors (Lipinski definition) is 0. The number of para-hydroxylation sites is 1. The van der Waals surface area contributed by atoms with Crippen molar-refractivity contribution in [3.05, 3.63) is 83.3 Å². The van der Waals surface area contributed by atoms with Crippen LogP contribution in [0.15, 0.2) is 66.9 Å². The molecule has 0 unspecified atom stereocenters. The molecule has 0 saturated carbocycles. The zero-order valence-corrected chi connectivity index (χ0v) is 20.4. The molecule has 0 fully saturated rings. The van der Waals surface area contributed by atoms with Crippen molar-refractivity contribution in [1.29, 1.82) is 0 Å². The lowest BCUT2D eigenvalue weighted by molar-refractivity contribution is -0.0504. The van der Waals surface area contributed by atoms with Gasteiger partial charge in [0.05, 0.1) is 11.6 Å². The van der Waals surface area contributed by atoms with Crippen molar-refractivity contribution in [3.63, 3.8) is 0 Å². The van der Waals surface area contributed by atoms with Crippen LogP contribution in [0.4, 0.5) is 18.0 Å². The summed E-state index contributed by atoms with van der Waals surface area (Å²) in [4.78, 5) is 14.3. The Hall–Kier alpha value is -3.65. The highest BCUT2D eigenvalue weighted by Crippen LogP contribution is 2.39. The first-order chi connectivity index (χ1) is 17.3. The third-order valence-electron chi connectivity index (χ3n) is 5.87. The number of amides is 1. The van der Waals surface area contributed by atoms with Gasteiger partial charge in [-0.2, -0.15) is 8.78 Å². The summed E-state index contributed by atoms with van der Waals surface area (Å²) >= 11 is 6.07. The summed E-state index contributed by atoms with van der Waals surface area (Å²) in [6.45, 7) is 1.98. The lowest BCUT2D eigenvalue weighted by Gasteiger charge is -2.20. The molecular weight excluding hydrogens is 493 g/mol. The fraction of sp³-hybridized carbons (Fsp3) is 0.222. The first-order valence-electron chi connectivity index (χ1n) is 11.4. The first kappa shape index (κ1) is 25.4. The summed E-state index contributed by atoms with van der Waals surface area (Å²) in [5.41, 5.74) is 2.44. The number of nitrogens with zero attached hydrogens (tertiary/aromatic N) is 2. The van der Waals surface area contributed by atoms with Crippen LogP contribution in [0.25, 0.3) is 22.0 Å². The zero-order valence-electron chi connectivity index (χ0n) is 19.7. The average molecular weight is 517 g/mol. The quantitative estimate of drug-likeness (QED) is 0.242. The predicted molar refractivity (Wildman–Crippen MR) is 133 cm³/mol. The van der Waals surface area contributed by atoms with E-state index in [-0.39, 0.29) is 17.3 Å². The van der Waals surface area contributed by atoms with E-state index in [2.05, 4.69) is 4.74 Å². The Morgan fingerprint density at radius 3 is 2.47 bits per heavy atom. The lowest BCUT2D eigenvalue weighted by atomic mass is 10.0. The number of rotatable bonds is 8. The monoisotopic (exact) mass is 516 g/mol. The molecule has 3 aromatic carbocycles. The van der Waals surface area contributed by atoms with Gasteiger partial charge in [0.1, 0.15) is 17.3 Å². The SMILES string of the molecule is CCN(CC)C(=O)Oc1ccc2c(ccn2Cc2ccccc2OC(F)F)c1-c1ccc(F)c(Cl)c1. The summed E-state index contributed by atoms with van der Waals surface area (Å²) in [6, 6.07) is 16.1. The molecule has 1 heterocycles. The Kier molecular flexibility index (Phi) is 7.74. The van der Waals surface area contributed by atoms with E-state index in [1.54, 1.807) is 42.6 Å². The van der Waals surface area contributed by atoms with Crippen LogP contribution < -0.4 is 9.47 Å². The van der Waals surface area contributed by atoms with Gasteiger partial charge in [0, 0.05) is 41.3 Å². The molecule has 0 bridgehead atoms. The highest BCUT2D eigenvalue weighted by Gasteiger charge is 2.20. The second kappa shape index (κ2) is 11.0. The molecule has 36 heavy (non-hydrogen) atoms. The Labute approximate surface area is 211 Å². The van der Waals surface area contributed by atoms with Gasteiger partial charge in [0.2, 0.25) is 0 Å². The van der Waals surface area contributed by atoms with Gasteiger partial charge in [-0.1, -0.05) is 35.9 Å². The highest BCUT2D eigenvalue weighted by molar-refractivity contribution is 6.31. The van der Waals surface area contributed by atoms with Crippen LogP contribution >= 0.6 is 11.6 Å². The minimum Gasteiger partial charge on any atom is -0.434 e. The van der Waals surface area contributed by atoms with Crippen molar-refractivity contribution in [2.75, 3.05) is 13.1 Å². The van der Waals surface area contributed by atoms with Crippen molar-refractivity contribution >= 4 is 28.6 Å². The molecule has 0 aliphatic heterocycles. The van der Waals surface area contributed by atoms with Gasteiger partial charge in [-0.15, -0.1) is 0 Å². The van der Waals surface area contributed by atoms with Crippen molar-refractivity contribution in [3.8, 4) is 22.6 Å². The molecule has 1 aromatic heterocycles. The standard InChI is InChI=1S/C27H24ClF3N2O3/c1-3-32(4-2)27(34)36-24-12-11-22-19(25(24)17-9-10-21(29)20(28)15-17)13-14-33(22)16-18-7-5-6-8-23(18)35-26(30)31/h5-15,26H,3-4,16H2,1-2H3. The van der Waals surface area contributed by atoms with Gasteiger partial charge in [-0.3, -0.25) is 0 Å². The number of alkyl halides is 2. The number of hydrogen-bond acceptors (Lipinski definition) is 3. The van der Waals surface area contributed by atoms with Crippen molar-refractivity contribution in [2.24, 2.45) is 0 Å². The number of carbonyl (C=O) groups is 1. The summed E-state index contributed by atoms with van der Waals surface area (Å²) in [7, 11) is 0. The Morgan fingerprint density at radius 2 is 1.78 bits per heavy atom. The second-order valence-electron chi connectivity index (χ2n) is 7.97. The predicted octanol–water partition coefficient (Wildman–Crippen LogP) is 7.59. The number of carbonyl (C=O) groups excluding carboxylic acids is 1. The molecule has 5 nitrogen and oxygen atoms in total. The minimum absolute atomic E-state index is 0.0666. The van der Waals surface area contributed by atoms with Crippen LogP contribution in [-0.2, 0) is 6.54 Å². The largest absolute Gasteiger partial charge is 0.434 e. The summed E-state index contributed by atoms with van der Waals surface area (Å²) in [5.74, 6) is -0.187. The van der Waals surface area contributed by atoms with E-state index in [9.17, 15) is 18.0 Å². The summed E-state index contributed by atoms with van der Waals surface area (Å²) in [5, 5.41) is 0.651. The maximum atomic E-state index is 13.9. The molecule has 0 aliphatic rings. The van der Waals surface area contributed by atoms with E-state index in [0.29, 0.717) is 35.5 Å². The van der Waals surface area contributed by atoms with E-state index in [1.165, 1.54) is 23.1 Å². The van der Waals surface area contributed by atoms with Crippen LogP contribution in [0.1, 0.15) is 19.4 Å². The van der Waals surface area contributed by atoms with Crippen molar-refractivity contribution < 1.29 is 27.4 Å². The number of benzene rings is 3. The van der Waals surface area contributed by atoms with Gasteiger partial charge < -0.3 is 18.9 Å². The lowest BCUT2D eigenvalue weighted by Crippen LogP contribution is -2.33. The molecule has 0 saturated heterocycles. The molecule has 1 amide bonds. The second-order valence-corrected chi connectivity index (χ2v) is 8.38. The Morgan fingerprint density at radius 1 is 1.03 bits per heavy atom. The average Bonchev–Trinajstić information content (AvgIpc) is 3.25. The summed E-state index contributed by atoms with van der Waals surface area (Å²) in [6.07, 6.45) is 1.29. The van der Waals surface area contributed by atoms with Crippen LogP contribution in [0, 0.1) is 5.82 Å². The molecule has 0 spiro atoms. The van der Waals surface area contributed by atoms with Crippen LogP contribution in [0.3, 0.4) is 0 Å². The molecule has 0 atom stereocenters. The van der Waals surface area contributed by atoms with Crippen LogP contribution in [-0.4, -0.2) is 35.3 Å². The van der Waals surface area contributed by atoms with E-state index >= 15 is 0 Å². The van der Waals surface area contributed by atoms with E-state index in [1.807, 2.05) is 24.5 Å². The van der Waals surface area contributed by atoms with Gasteiger partial charge in [0.15, 0.2) is 0 Å². The van der Waals surface area contributed by atoms with Gasteiger partial charge in [0.25, 0.3) is 0 Å². The van der Waals surface area contributed by atoms with Crippen molar-refractivity contribution in [1.82, 2.24) is 9.47 Å². The molecule has 188 valence electrons. The smallest absolute Gasteiger partial charge is 0.415 e. The van der Waals surface area contributed by atoms with E-state index in [0.717, 1.165) is 10.9 Å². The molecular formula is C27H24ClF3N2O3. The molecule has 4 aromatic rings. The highest BCUT2D eigenvalue weighted by atomic mass is 35.5. The number of fused-ring (bicyclic) bond motifs is 1. The molecule has 4 rings (SSSR count). The molecule has 0 N–H and O–H groups in total. The van der Waals surface area contributed by atoms with E-state index < -0.39 is 18.5 Å². The first-order valence-corrected chi connectivity index (χ1v) is 11.8.